The molecule has 1 rings (SSSR count). The second kappa shape index (κ2) is 9.35. The molecule has 0 spiro atoms. The minimum Gasteiger partial charge on any atom is -0.348 e. The van der Waals surface area contributed by atoms with E-state index in [-0.39, 0.29) is 0 Å². The first-order valence-electron chi connectivity index (χ1n) is 6.06. The fourth-order valence-corrected chi connectivity index (χ4v) is 1.47. The Morgan fingerprint density at radius 1 is 1.16 bits per heavy atom. The molecular weight excluding hydrogens is 264 g/mol. The molecule has 104 valence electrons. The predicted molar refractivity (Wildman–Crippen MR) is 77.2 cm³/mol. The number of thiol groups is 1. The number of carbonyl (C=O) groups excluding carboxylic acids is 2. The SMILES string of the molecule is O=C(NCCCNCCS)C(=O)Nc1ccccn1. The molecular formula is C12H18N4O2S. The third-order valence-corrected chi connectivity index (χ3v) is 2.44. The van der Waals surface area contributed by atoms with Gasteiger partial charge in [0.25, 0.3) is 0 Å². The quantitative estimate of drug-likeness (QED) is 0.323. The van der Waals surface area contributed by atoms with Gasteiger partial charge in [-0.3, -0.25) is 9.59 Å². The van der Waals surface area contributed by atoms with Gasteiger partial charge in [0.05, 0.1) is 0 Å². The fourth-order valence-electron chi connectivity index (χ4n) is 1.31. The molecule has 0 bridgehead atoms. The Kier molecular flexibility index (Phi) is 7.60. The summed E-state index contributed by atoms with van der Waals surface area (Å²) in [6.07, 6.45) is 2.30. The van der Waals surface area contributed by atoms with E-state index < -0.39 is 11.8 Å². The van der Waals surface area contributed by atoms with Crippen LogP contribution in [0.5, 0.6) is 0 Å². The number of nitrogens with zero attached hydrogens (tertiary/aromatic N) is 1. The summed E-state index contributed by atoms with van der Waals surface area (Å²) in [5.74, 6) is -0.223. The van der Waals surface area contributed by atoms with E-state index in [9.17, 15) is 9.59 Å². The molecule has 0 saturated heterocycles. The van der Waals surface area contributed by atoms with Crippen molar-refractivity contribution >= 4 is 30.3 Å². The number of hydrogen-bond donors (Lipinski definition) is 4. The normalized spacial score (nSPS) is 9.95. The molecule has 0 saturated carbocycles. The van der Waals surface area contributed by atoms with Crippen molar-refractivity contribution in [2.45, 2.75) is 6.42 Å². The van der Waals surface area contributed by atoms with Crippen LogP contribution < -0.4 is 16.0 Å². The minimum atomic E-state index is -0.706. The van der Waals surface area contributed by atoms with Crippen LogP contribution in [0.3, 0.4) is 0 Å². The molecule has 7 heteroatoms. The number of carbonyl (C=O) groups is 2. The van der Waals surface area contributed by atoms with Crippen molar-refractivity contribution in [3.63, 3.8) is 0 Å². The molecule has 1 heterocycles. The number of rotatable bonds is 7. The Balaban J connectivity index is 2.17. The number of hydrogen-bond acceptors (Lipinski definition) is 5. The smallest absolute Gasteiger partial charge is 0.314 e. The largest absolute Gasteiger partial charge is 0.348 e. The van der Waals surface area contributed by atoms with Crippen molar-refractivity contribution in [3.8, 4) is 0 Å². The molecule has 19 heavy (non-hydrogen) atoms. The van der Waals surface area contributed by atoms with Crippen molar-refractivity contribution in [1.29, 1.82) is 0 Å². The number of anilines is 1. The highest BCUT2D eigenvalue weighted by Gasteiger charge is 2.12. The van der Waals surface area contributed by atoms with Gasteiger partial charge in [0.15, 0.2) is 0 Å². The van der Waals surface area contributed by atoms with Crippen LogP contribution in [-0.2, 0) is 9.59 Å². The van der Waals surface area contributed by atoms with Crippen LogP contribution in [0.1, 0.15) is 6.42 Å². The van der Waals surface area contributed by atoms with E-state index >= 15 is 0 Å². The van der Waals surface area contributed by atoms with E-state index in [2.05, 4.69) is 33.6 Å². The first kappa shape index (κ1) is 15.5. The van der Waals surface area contributed by atoms with Gasteiger partial charge in [-0.25, -0.2) is 4.98 Å². The van der Waals surface area contributed by atoms with Crippen LogP contribution in [0.15, 0.2) is 24.4 Å². The molecule has 3 N–H and O–H groups in total. The third kappa shape index (κ3) is 6.78. The van der Waals surface area contributed by atoms with Crippen molar-refractivity contribution < 1.29 is 9.59 Å². The molecule has 0 aliphatic heterocycles. The lowest BCUT2D eigenvalue weighted by Crippen LogP contribution is -2.37. The van der Waals surface area contributed by atoms with E-state index in [1.165, 1.54) is 0 Å². The molecule has 0 aliphatic carbocycles. The van der Waals surface area contributed by atoms with Crippen LogP contribution in [0.2, 0.25) is 0 Å². The first-order valence-corrected chi connectivity index (χ1v) is 6.69. The summed E-state index contributed by atoms with van der Waals surface area (Å²) in [6.45, 7) is 2.06. The molecule has 0 aliphatic rings. The zero-order valence-corrected chi connectivity index (χ0v) is 11.5. The van der Waals surface area contributed by atoms with E-state index in [1.54, 1.807) is 24.4 Å². The van der Waals surface area contributed by atoms with Gasteiger partial charge >= 0.3 is 11.8 Å². The van der Waals surface area contributed by atoms with E-state index in [1.807, 2.05) is 0 Å². The van der Waals surface area contributed by atoms with Crippen molar-refractivity contribution in [2.75, 3.05) is 30.7 Å². The Morgan fingerprint density at radius 2 is 2.00 bits per heavy atom. The zero-order valence-electron chi connectivity index (χ0n) is 10.6. The van der Waals surface area contributed by atoms with Crippen LogP contribution in [0, 0.1) is 0 Å². The Labute approximate surface area is 117 Å². The average Bonchev–Trinajstić information content (AvgIpc) is 2.43. The van der Waals surface area contributed by atoms with Gasteiger partial charge in [0.1, 0.15) is 5.82 Å². The highest BCUT2D eigenvalue weighted by molar-refractivity contribution is 7.80. The van der Waals surface area contributed by atoms with Crippen LogP contribution in [0.25, 0.3) is 0 Å². The number of amides is 2. The molecule has 1 aromatic heterocycles. The maximum atomic E-state index is 11.5. The molecule has 1 aromatic rings. The molecule has 6 nitrogen and oxygen atoms in total. The van der Waals surface area contributed by atoms with Crippen molar-refractivity contribution in [1.82, 2.24) is 15.6 Å². The van der Waals surface area contributed by atoms with Gasteiger partial charge in [0.2, 0.25) is 0 Å². The van der Waals surface area contributed by atoms with Crippen LogP contribution in [-0.4, -0.2) is 42.2 Å². The second-order valence-electron chi connectivity index (χ2n) is 3.75. The molecule has 0 unspecified atom stereocenters. The summed E-state index contributed by atoms with van der Waals surface area (Å²) >= 11 is 4.06. The number of aromatic nitrogens is 1. The zero-order chi connectivity index (χ0) is 13.9. The number of nitrogens with one attached hydrogen (secondary N) is 3. The number of pyridine rings is 1. The Hall–Kier alpha value is -1.60. The monoisotopic (exact) mass is 282 g/mol. The van der Waals surface area contributed by atoms with Crippen molar-refractivity contribution in [3.05, 3.63) is 24.4 Å². The standard InChI is InChI=1S/C12H18N4O2S/c17-11(15-7-3-5-13-8-9-19)12(18)16-10-4-1-2-6-14-10/h1-2,4,6,13,19H,3,5,7-9H2,(H,15,17)(H,14,16,18). The molecule has 2 amide bonds. The summed E-state index contributed by atoms with van der Waals surface area (Å²) in [7, 11) is 0. The van der Waals surface area contributed by atoms with E-state index in [0.717, 1.165) is 25.3 Å². The van der Waals surface area contributed by atoms with Gasteiger partial charge in [0, 0.05) is 25.0 Å². The van der Waals surface area contributed by atoms with Crippen LogP contribution in [0.4, 0.5) is 5.82 Å². The highest BCUT2D eigenvalue weighted by atomic mass is 32.1. The highest BCUT2D eigenvalue weighted by Crippen LogP contribution is 1.98. The average molecular weight is 282 g/mol. The van der Waals surface area contributed by atoms with Gasteiger partial charge < -0.3 is 16.0 Å². The summed E-state index contributed by atoms with van der Waals surface area (Å²) < 4.78 is 0. The third-order valence-electron chi connectivity index (χ3n) is 2.22. The fraction of sp³-hybridized carbons (Fsp3) is 0.417. The van der Waals surface area contributed by atoms with Crippen LogP contribution >= 0.6 is 12.6 Å². The topological polar surface area (TPSA) is 83.1 Å². The Morgan fingerprint density at radius 3 is 2.68 bits per heavy atom. The predicted octanol–water partition coefficient (Wildman–Crippen LogP) is 0.0458. The molecule has 0 atom stereocenters. The van der Waals surface area contributed by atoms with Gasteiger partial charge in [-0.05, 0) is 25.1 Å². The lowest BCUT2D eigenvalue weighted by atomic mass is 10.4. The molecule has 0 radical (unpaired) electrons. The maximum Gasteiger partial charge on any atom is 0.314 e. The molecule has 0 fully saturated rings. The Bertz CT molecular complexity index is 400. The maximum absolute atomic E-state index is 11.5. The second-order valence-corrected chi connectivity index (χ2v) is 4.20. The summed E-state index contributed by atoms with van der Waals surface area (Å²) in [4.78, 5) is 26.8. The van der Waals surface area contributed by atoms with Crippen molar-refractivity contribution in [2.24, 2.45) is 0 Å². The lowest BCUT2D eigenvalue weighted by Gasteiger charge is -2.06. The van der Waals surface area contributed by atoms with E-state index in [0.29, 0.717) is 12.4 Å². The summed E-state index contributed by atoms with van der Waals surface area (Å²) in [5, 5.41) is 8.10. The van der Waals surface area contributed by atoms with Gasteiger partial charge in [-0.15, -0.1) is 0 Å². The van der Waals surface area contributed by atoms with Gasteiger partial charge in [-0.2, -0.15) is 12.6 Å². The van der Waals surface area contributed by atoms with Gasteiger partial charge in [-0.1, -0.05) is 6.07 Å². The summed E-state index contributed by atoms with van der Waals surface area (Å²) in [5.41, 5.74) is 0. The molecule has 0 aromatic carbocycles. The minimum absolute atomic E-state index is 0.359. The lowest BCUT2D eigenvalue weighted by molar-refractivity contribution is -0.136. The summed E-state index contributed by atoms with van der Waals surface area (Å²) in [6, 6.07) is 5.08. The first-order chi connectivity index (χ1) is 9.24. The van der Waals surface area contributed by atoms with E-state index in [4.69, 9.17) is 0 Å².